The molecule has 2 amide bonds. The molecule has 0 spiro atoms. The summed E-state index contributed by atoms with van der Waals surface area (Å²) in [6.07, 6.45) is 1.31. The summed E-state index contributed by atoms with van der Waals surface area (Å²) in [4.78, 5) is 29.5. The van der Waals surface area contributed by atoms with Gasteiger partial charge in [-0.25, -0.2) is 0 Å². The van der Waals surface area contributed by atoms with E-state index in [-0.39, 0.29) is 11.8 Å². The van der Waals surface area contributed by atoms with Gasteiger partial charge in [0.25, 0.3) is 5.91 Å². The minimum atomic E-state index is 0.00691. The zero-order valence-corrected chi connectivity index (χ0v) is 18.1. The van der Waals surface area contributed by atoms with Gasteiger partial charge in [0.05, 0.1) is 0 Å². The number of hydrogen-bond donors (Lipinski definition) is 1. The fraction of sp³-hybridized carbons (Fsp3) is 0.280. The molecule has 5 nitrogen and oxygen atoms in total. The Balaban J connectivity index is 1.29. The van der Waals surface area contributed by atoms with Crippen LogP contribution < -0.4 is 5.32 Å². The molecule has 0 radical (unpaired) electrons. The summed E-state index contributed by atoms with van der Waals surface area (Å²) >= 11 is 6.03. The van der Waals surface area contributed by atoms with Gasteiger partial charge in [-0.05, 0) is 42.6 Å². The Morgan fingerprint density at radius 2 is 1.71 bits per heavy atom. The van der Waals surface area contributed by atoms with Crippen molar-refractivity contribution in [2.45, 2.75) is 12.8 Å². The molecule has 3 aromatic rings. The Morgan fingerprint density at radius 3 is 2.58 bits per heavy atom. The number of amides is 2. The minimum absolute atomic E-state index is 0.00691. The maximum Gasteiger partial charge on any atom is 0.253 e. The second-order valence-corrected chi connectivity index (χ2v) is 8.26. The summed E-state index contributed by atoms with van der Waals surface area (Å²) in [5.74, 6) is 0.0190. The summed E-state index contributed by atoms with van der Waals surface area (Å²) in [5, 5.41) is 5.77. The maximum atomic E-state index is 12.8. The first-order valence-electron chi connectivity index (χ1n) is 10.6. The number of carbonyl (C=O) groups excluding carboxylic acids is 2. The average molecular weight is 436 g/mol. The summed E-state index contributed by atoms with van der Waals surface area (Å²) in [6, 6.07) is 21.0. The molecule has 0 bridgehead atoms. The number of nitrogens with one attached hydrogen (secondary N) is 1. The van der Waals surface area contributed by atoms with Crippen molar-refractivity contribution >= 4 is 39.9 Å². The largest absolute Gasteiger partial charge is 0.337 e. The van der Waals surface area contributed by atoms with Crippen LogP contribution in [0.4, 0.5) is 5.69 Å². The van der Waals surface area contributed by atoms with Crippen molar-refractivity contribution in [1.29, 1.82) is 0 Å². The van der Waals surface area contributed by atoms with E-state index in [0.29, 0.717) is 36.6 Å². The van der Waals surface area contributed by atoms with Gasteiger partial charge in [-0.3, -0.25) is 9.59 Å². The predicted molar refractivity (Wildman–Crippen MR) is 126 cm³/mol. The number of anilines is 1. The Labute approximate surface area is 187 Å². The molecule has 1 saturated heterocycles. The number of rotatable bonds is 5. The first-order valence-corrected chi connectivity index (χ1v) is 11.0. The van der Waals surface area contributed by atoms with E-state index in [1.807, 2.05) is 47.4 Å². The van der Waals surface area contributed by atoms with Crippen LogP contribution in [-0.4, -0.2) is 54.3 Å². The summed E-state index contributed by atoms with van der Waals surface area (Å²) in [7, 11) is 0. The van der Waals surface area contributed by atoms with E-state index in [1.54, 1.807) is 24.3 Å². The topological polar surface area (TPSA) is 52.7 Å². The van der Waals surface area contributed by atoms with Gasteiger partial charge in [-0.1, -0.05) is 54.1 Å². The van der Waals surface area contributed by atoms with Crippen molar-refractivity contribution in [1.82, 2.24) is 9.80 Å². The lowest BCUT2D eigenvalue weighted by molar-refractivity contribution is -0.116. The van der Waals surface area contributed by atoms with Crippen LogP contribution in [0.1, 0.15) is 23.2 Å². The monoisotopic (exact) mass is 435 g/mol. The quantitative estimate of drug-likeness (QED) is 0.633. The van der Waals surface area contributed by atoms with E-state index >= 15 is 0 Å². The van der Waals surface area contributed by atoms with E-state index in [9.17, 15) is 9.59 Å². The highest BCUT2D eigenvalue weighted by Gasteiger charge is 2.21. The lowest BCUT2D eigenvalue weighted by Crippen LogP contribution is -2.36. The molecule has 160 valence electrons. The molecule has 1 N–H and O–H groups in total. The molecule has 0 unspecified atom stereocenters. The van der Waals surface area contributed by atoms with E-state index in [4.69, 9.17) is 11.6 Å². The van der Waals surface area contributed by atoms with Gasteiger partial charge in [0.2, 0.25) is 5.91 Å². The van der Waals surface area contributed by atoms with Gasteiger partial charge in [0, 0.05) is 54.3 Å². The number of benzene rings is 3. The van der Waals surface area contributed by atoms with Gasteiger partial charge < -0.3 is 15.1 Å². The van der Waals surface area contributed by atoms with Crippen molar-refractivity contribution in [2.75, 3.05) is 38.0 Å². The molecule has 4 rings (SSSR count). The van der Waals surface area contributed by atoms with Crippen LogP contribution in [0.2, 0.25) is 5.02 Å². The van der Waals surface area contributed by atoms with Crippen LogP contribution in [0.3, 0.4) is 0 Å². The van der Waals surface area contributed by atoms with Crippen LogP contribution in [0.15, 0.2) is 66.7 Å². The predicted octanol–water partition coefficient (Wildman–Crippen LogP) is 4.67. The smallest absolute Gasteiger partial charge is 0.253 e. The van der Waals surface area contributed by atoms with Crippen molar-refractivity contribution < 1.29 is 9.59 Å². The number of hydrogen-bond acceptors (Lipinski definition) is 3. The molecule has 0 aliphatic carbocycles. The fourth-order valence-corrected chi connectivity index (χ4v) is 4.20. The normalized spacial score (nSPS) is 14.9. The Bertz CT molecular complexity index is 1080. The summed E-state index contributed by atoms with van der Waals surface area (Å²) in [6.45, 7) is 3.67. The van der Waals surface area contributed by atoms with Crippen LogP contribution in [0.25, 0.3) is 10.8 Å². The molecule has 3 aromatic carbocycles. The van der Waals surface area contributed by atoms with Crippen LogP contribution in [-0.2, 0) is 4.79 Å². The fourth-order valence-electron chi connectivity index (χ4n) is 4.01. The summed E-state index contributed by atoms with van der Waals surface area (Å²) in [5.41, 5.74) is 1.47. The standard InChI is InChI=1S/C25H26ClN3O2/c26-21-9-3-8-20(18-21)25(31)29-14-5-13-28(16-17-29)15-12-24(30)27-23-11-4-7-19-6-1-2-10-22(19)23/h1-4,6-11,18H,5,12-17H2,(H,27,30). The van der Waals surface area contributed by atoms with Crippen LogP contribution in [0, 0.1) is 0 Å². The Hall–Kier alpha value is -2.89. The van der Waals surface area contributed by atoms with E-state index in [1.165, 1.54) is 0 Å². The third-order valence-corrected chi connectivity index (χ3v) is 5.90. The molecule has 0 atom stereocenters. The maximum absolute atomic E-state index is 12.8. The van der Waals surface area contributed by atoms with Gasteiger partial charge in [0.15, 0.2) is 0 Å². The van der Waals surface area contributed by atoms with Crippen molar-refractivity contribution in [2.24, 2.45) is 0 Å². The van der Waals surface area contributed by atoms with Crippen molar-refractivity contribution in [3.8, 4) is 0 Å². The van der Waals surface area contributed by atoms with Crippen molar-refractivity contribution in [3.63, 3.8) is 0 Å². The van der Waals surface area contributed by atoms with Gasteiger partial charge in [-0.15, -0.1) is 0 Å². The van der Waals surface area contributed by atoms with Gasteiger partial charge >= 0.3 is 0 Å². The van der Waals surface area contributed by atoms with Crippen LogP contribution in [0.5, 0.6) is 0 Å². The summed E-state index contributed by atoms with van der Waals surface area (Å²) < 4.78 is 0. The highest BCUT2D eigenvalue weighted by Crippen LogP contribution is 2.23. The van der Waals surface area contributed by atoms with Gasteiger partial charge in [0.1, 0.15) is 0 Å². The number of carbonyl (C=O) groups is 2. The zero-order valence-electron chi connectivity index (χ0n) is 17.4. The van der Waals surface area contributed by atoms with E-state index in [0.717, 1.165) is 36.0 Å². The van der Waals surface area contributed by atoms with E-state index < -0.39 is 0 Å². The number of halogens is 1. The van der Waals surface area contributed by atoms with Crippen LogP contribution >= 0.6 is 11.6 Å². The number of nitrogens with zero attached hydrogens (tertiary/aromatic N) is 2. The van der Waals surface area contributed by atoms with E-state index in [2.05, 4.69) is 10.2 Å². The Kier molecular flexibility index (Phi) is 6.85. The second-order valence-electron chi connectivity index (χ2n) is 7.82. The molecule has 31 heavy (non-hydrogen) atoms. The van der Waals surface area contributed by atoms with Crippen molar-refractivity contribution in [3.05, 3.63) is 77.3 Å². The third-order valence-electron chi connectivity index (χ3n) is 5.67. The Morgan fingerprint density at radius 1 is 0.903 bits per heavy atom. The highest BCUT2D eigenvalue weighted by molar-refractivity contribution is 6.30. The first-order chi connectivity index (χ1) is 15.1. The molecule has 1 aliphatic rings. The molecule has 0 saturated carbocycles. The SMILES string of the molecule is O=C(CCN1CCCN(C(=O)c2cccc(Cl)c2)CC1)Nc1cccc2ccccc12. The average Bonchev–Trinajstić information content (AvgIpc) is 3.03. The molecule has 0 aromatic heterocycles. The first kappa shape index (κ1) is 21.3. The van der Waals surface area contributed by atoms with Gasteiger partial charge in [-0.2, -0.15) is 0 Å². The molecular formula is C25H26ClN3O2. The highest BCUT2D eigenvalue weighted by atomic mass is 35.5. The molecule has 1 aliphatic heterocycles. The molecule has 1 heterocycles. The third kappa shape index (κ3) is 5.43. The lowest BCUT2D eigenvalue weighted by atomic mass is 10.1. The second kappa shape index (κ2) is 9.94. The minimum Gasteiger partial charge on any atom is -0.337 e. The molecular weight excluding hydrogens is 410 g/mol. The zero-order chi connectivity index (χ0) is 21.6. The molecule has 6 heteroatoms. The number of fused-ring (bicyclic) bond motifs is 1. The molecule has 1 fully saturated rings. The lowest BCUT2D eigenvalue weighted by Gasteiger charge is -2.22.